The number of rotatable bonds is 4. The Labute approximate surface area is 122 Å². The number of anilines is 1. The Hall–Kier alpha value is -1.91. The summed E-state index contributed by atoms with van der Waals surface area (Å²) in [5.41, 5.74) is 0.709. The topological polar surface area (TPSA) is 124 Å². The van der Waals surface area contributed by atoms with Crippen molar-refractivity contribution in [3.8, 4) is 0 Å². The predicted molar refractivity (Wildman–Crippen MR) is 76.6 cm³/mol. The first-order valence-electron chi connectivity index (χ1n) is 5.74. The molecule has 1 aromatic heterocycles. The summed E-state index contributed by atoms with van der Waals surface area (Å²) in [7, 11) is -6.17. The molecule has 0 spiro atoms. The number of hydrogen-bond donors (Lipinski definition) is 2. The van der Waals surface area contributed by atoms with Gasteiger partial charge < -0.3 is 0 Å². The lowest BCUT2D eigenvalue weighted by atomic mass is 10.2. The first-order chi connectivity index (χ1) is 9.59. The van der Waals surface area contributed by atoms with E-state index in [0.717, 1.165) is 0 Å². The maximum Gasteiger partial charge on any atom is 0.265 e. The standard InChI is InChI=1S/C11H14N4O4S2/c1-8-3-4-9(20(12,16)17)5-11(8)14-21(18,19)10-6-13-15(2)7-10/h3-7,14H,1-2H3,(H2,12,16,17). The van der Waals surface area contributed by atoms with Gasteiger partial charge >= 0.3 is 0 Å². The predicted octanol–water partition coefficient (Wildman–Crippen LogP) is 0.177. The number of nitrogens with zero attached hydrogens (tertiary/aromatic N) is 2. The lowest BCUT2D eigenvalue weighted by molar-refractivity contribution is 0.596. The molecule has 0 fully saturated rings. The van der Waals surface area contributed by atoms with Crippen molar-refractivity contribution in [3.05, 3.63) is 36.2 Å². The minimum absolute atomic E-state index is 0.0228. The zero-order chi connectivity index (χ0) is 15.8. The molecule has 0 saturated heterocycles. The molecule has 0 aliphatic rings. The molecule has 10 heteroatoms. The molecule has 0 bridgehead atoms. The molecule has 2 rings (SSSR count). The molecule has 0 saturated carbocycles. The Morgan fingerprint density at radius 2 is 1.86 bits per heavy atom. The lowest BCUT2D eigenvalue weighted by Crippen LogP contribution is -2.16. The minimum atomic E-state index is -3.91. The molecule has 0 radical (unpaired) electrons. The van der Waals surface area contributed by atoms with Crippen LogP contribution in [0.3, 0.4) is 0 Å². The first-order valence-corrected chi connectivity index (χ1v) is 8.77. The normalized spacial score (nSPS) is 12.3. The third-order valence-electron chi connectivity index (χ3n) is 2.77. The average Bonchev–Trinajstić information content (AvgIpc) is 2.78. The molecular formula is C11H14N4O4S2. The summed E-state index contributed by atoms with van der Waals surface area (Å²) in [5.74, 6) is 0. The monoisotopic (exact) mass is 330 g/mol. The van der Waals surface area contributed by atoms with Crippen LogP contribution < -0.4 is 9.86 Å². The summed E-state index contributed by atoms with van der Waals surface area (Å²) < 4.78 is 50.7. The fraction of sp³-hybridized carbons (Fsp3) is 0.182. The van der Waals surface area contributed by atoms with Crippen LogP contribution in [-0.4, -0.2) is 26.6 Å². The van der Waals surface area contributed by atoms with E-state index >= 15 is 0 Å². The van der Waals surface area contributed by atoms with Gasteiger partial charge in [0.15, 0.2) is 0 Å². The highest BCUT2D eigenvalue weighted by molar-refractivity contribution is 7.92. The van der Waals surface area contributed by atoms with Crippen LogP contribution in [0.25, 0.3) is 0 Å². The number of nitrogens with one attached hydrogen (secondary N) is 1. The van der Waals surface area contributed by atoms with E-state index in [1.807, 2.05) is 0 Å². The van der Waals surface area contributed by atoms with Gasteiger partial charge in [0.2, 0.25) is 10.0 Å². The molecule has 21 heavy (non-hydrogen) atoms. The van der Waals surface area contributed by atoms with Gasteiger partial charge in [-0.15, -0.1) is 0 Å². The van der Waals surface area contributed by atoms with Gasteiger partial charge in [-0.05, 0) is 24.6 Å². The van der Waals surface area contributed by atoms with Crippen LogP contribution in [0.1, 0.15) is 5.56 Å². The first kappa shape index (κ1) is 15.5. The molecule has 1 aromatic carbocycles. The Bertz CT molecular complexity index is 885. The van der Waals surface area contributed by atoms with E-state index in [9.17, 15) is 16.8 Å². The second-order valence-corrected chi connectivity index (χ2v) is 7.72. The van der Waals surface area contributed by atoms with Crippen molar-refractivity contribution in [3.63, 3.8) is 0 Å². The maximum atomic E-state index is 12.2. The number of sulfonamides is 2. The van der Waals surface area contributed by atoms with Crippen LogP contribution in [0.15, 0.2) is 40.4 Å². The second-order valence-electron chi connectivity index (χ2n) is 4.48. The molecule has 8 nitrogen and oxygen atoms in total. The van der Waals surface area contributed by atoms with Crippen LogP contribution in [0.5, 0.6) is 0 Å². The van der Waals surface area contributed by atoms with Crippen molar-refractivity contribution in [2.45, 2.75) is 16.7 Å². The Kier molecular flexibility index (Phi) is 3.78. The maximum absolute atomic E-state index is 12.2. The number of benzene rings is 1. The molecule has 0 atom stereocenters. The third-order valence-corrected chi connectivity index (χ3v) is 5.00. The lowest BCUT2D eigenvalue weighted by Gasteiger charge is -2.10. The van der Waals surface area contributed by atoms with Gasteiger partial charge in [-0.2, -0.15) is 5.10 Å². The largest absolute Gasteiger partial charge is 0.279 e. The van der Waals surface area contributed by atoms with Crippen molar-refractivity contribution < 1.29 is 16.8 Å². The van der Waals surface area contributed by atoms with Crippen LogP contribution in [0.4, 0.5) is 5.69 Å². The van der Waals surface area contributed by atoms with E-state index in [2.05, 4.69) is 9.82 Å². The number of hydrogen-bond acceptors (Lipinski definition) is 5. The van der Waals surface area contributed by atoms with Crippen molar-refractivity contribution in [2.75, 3.05) is 4.72 Å². The fourth-order valence-electron chi connectivity index (χ4n) is 1.63. The molecule has 114 valence electrons. The number of aromatic nitrogens is 2. The van der Waals surface area contributed by atoms with Gasteiger partial charge in [0, 0.05) is 13.2 Å². The highest BCUT2D eigenvalue weighted by atomic mass is 32.2. The number of primary sulfonamides is 1. The highest BCUT2D eigenvalue weighted by Gasteiger charge is 2.18. The quantitative estimate of drug-likeness (QED) is 0.827. The smallest absolute Gasteiger partial charge is 0.265 e. The van der Waals surface area contributed by atoms with E-state index in [1.165, 1.54) is 35.3 Å². The molecule has 1 heterocycles. The van der Waals surface area contributed by atoms with Gasteiger partial charge in [-0.1, -0.05) is 6.07 Å². The average molecular weight is 330 g/mol. The molecule has 0 unspecified atom stereocenters. The molecular weight excluding hydrogens is 316 g/mol. The highest BCUT2D eigenvalue weighted by Crippen LogP contribution is 2.22. The van der Waals surface area contributed by atoms with Gasteiger partial charge in [-0.3, -0.25) is 9.40 Å². The minimum Gasteiger partial charge on any atom is -0.279 e. The summed E-state index contributed by atoms with van der Waals surface area (Å²) in [6, 6.07) is 3.96. The van der Waals surface area contributed by atoms with E-state index in [-0.39, 0.29) is 15.5 Å². The van der Waals surface area contributed by atoms with Crippen LogP contribution in [0, 0.1) is 6.92 Å². The molecule has 0 aliphatic carbocycles. The molecule has 2 aromatic rings. The molecule has 0 amide bonds. The summed E-state index contributed by atoms with van der Waals surface area (Å²) in [6.07, 6.45) is 2.53. The van der Waals surface area contributed by atoms with E-state index in [4.69, 9.17) is 5.14 Å². The fourth-order valence-corrected chi connectivity index (χ4v) is 3.27. The van der Waals surface area contributed by atoms with Crippen LogP contribution in [0.2, 0.25) is 0 Å². The summed E-state index contributed by atoms with van der Waals surface area (Å²) in [5, 5.41) is 8.82. The van der Waals surface area contributed by atoms with Crippen LogP contribution >= 0.6 is 0 Å². The second kappa shape index (κ2) is 5.13. The Morgan fingerprint density at radius 3 is 2.38 bits per heavy atom. The van der Waals surface area contributed by atoms with Crippen molar-refractivity contribution in [2.24, 2.45) is 12.2 Å². The van der Waals surface area contributed by atoms with Crippen molar-refractivity contribution in [1.29, 1.82) is 0 Å². The van der Waals surface area contributed by atoms with E-state index < -0.39 is 20.0 Å². The van der Waals surface area contributed by atoms with Gasteiger partial charge in [0.1, 0.15) is 4.90 Å². The third kappa shape index (κ3) is 3.40. The molecule has 0 aliphatic heterocycles. The van der Waals surface area contributed by atoms with Crippen LogP contribution in [-0.2, 0) is 27.1 Å². The van der Waals surface area contributed by atoms with Crippen molar-refractivity contribution >= 4 is 25.7 Å². The van der Waals surface area contributed by atoms with Gasteiger partial charge in [0.25, 0.3) is 10.0 Å². The Morgan fingerprint density at radius 1 is 1.19 bits per heavy atom. The zero-order valence-corrected chi connectivity index (χ0v) is 12.9. The number of nitrogens with two attached hydrogens (primary N) is 1. The van der Waals surface area contributed by atoms with Gasteiger partial charge in [-0.25, -0.2) is 22.0 Å². The summed E-state index contributed by atoms with van der Waals surface area (Å²) >= 11 is 0. The summed E-state index contributed by atoms with van der Waals surface area (Å²) in [6.45, 7) is 1.65. The summed E-state index contributed by atoms with van der Waals surface area (Å²) in [4.78, 5) is -0.192. The van der Waals surface area contributed by atoms with E-state index in [0.29, 0.717) is 5.56 Å². The SMILES string of the molecule is Cc1ccc(S(N)(=O)=O)cc1NS(=O)(=O)c1cnn(C)c1. The zero-order valence-electron chi connectivity index (χ0n) is 11.3. The van der Waals surface area contributed by atoms with Gasteiger partial charge in [0.05, 0.1) is 16.8 Å². The molecule has 3 N–H and O–H groups in total. The Balaban J connectivity index is 2.44. The van der Waals surface area contributed by atoms with Crippen molar-refractivity contribution in [1.82, 2.24) is 9.78 Å². The van der Waals surface area contributed by atoms with E-state index in [1.54, 1.807) is 14.0 Å². The number of aryl methyl sites for hydroxylation is 2.